The lowest BCUT2D eigenvalue weighted by atomic mass is 10.1. The highest BCUT2D eigenvalue weighted by atomic mass is 16.5. The van der Waals surface area contributed by atoms with Gasteiger partial charge in [0.2, 0.25) is 0 Å². The number of carbonyl (C=O) groups is 1. The van der Waals surface area contributed by atoms with Crippen molar-refractivity contribution in [3.8, 4) is 0 Å². The number of hydrogen-bond donors (Lipinski definition) is 1. The summed E-state index contributed by atoms with van der Waals surface area (Å²) in [5.41, 5.74) is 6.37. The van der Waals surface area contributed by atoms with Gasteiger partial charge in [-0.25, -0.2) is 0 Å². The maximum Gasteiger partial charge on any atom is 0.310 e. The Morgan fingerprint density at radius 3 is 2.73 bits per heavy atom. The van der Waals surface area contributed by atoms with Crippen LogP contribution < -0.4 is 5.73 Å². The van der Waals surface area contributed by atoms with E-state index in [0.29, 0.717) is 13.2 Å². The van der Waals surface area contributed by atoms with E-state index >= 15 is 0 Å². The first kappa shape index (κ1) is 11.7. The lowest BCUT2D eigenvalue weighted by Crippen LogP contribution is -2.17. The number of rotatable bonds is 5. The first-order valence-electron chi connectivity index (χ1n) is 4.98. The van der Waals surface area contributed by atoms with Crippen LogP contribution in [0.15, 0.2) is 30.3 Å². The van der Waals surface area contributed by atoms with Gasteiger partial charge in [-0.2, -0.15) is 0 Å². The van der Waals surface area contributed by atoms with Crippen molar-refractivity contribution in [3.63, 3.8) is 0 Å². The largest absolute Gasteiger partial charge is 0.461 e. The number of esters is 1. The molecule has 0 amide bonds. The van der Waals surface area contributed by atoms with Crippen LogP contribution in [0.2, 0.25) is 0 Å². The molecule has 15 heavy (non-hydrogen) atoms. The minimum atomic E-state index is -0.309. The normalized spacial score (nSPS) is 12.1. The highest BCUT2D eigenvalue weighted by Crippen LogP contribution is 2.04. The van der Waals surface area contributed by atoms with Crippen molar-refractivity contribution in [2.75, 3.05) is 6.54 Å². The number of carbonyl (C=O) groups excluding carboxylic acids is 1. The predicted octanol–water partition coefficient (Wildman–Crippen LogP) is 1.53. The summed E-state index contributed by atoms with van der Waals surface area (Å²) in [5.74, 6) is -0.245. The summed E-state index contributed by atoms with van der Waals surface area (Å²) in [5, 5.41) is 0. The minimum Gasteiger partial charge on any atom is -0.461 e. The van der Waals surface area contributed by atoms with Crippen LogP contribution in [0.5, 0.6) is 0 Å². The molecular formula is C12H16NO2. The third-order valence-electron chi connectivity index (χ3n) is 2.02. The van der Waals surface area contributed by atoms with Gasteiger partial charge in [-0.05, 0) is 18.0 Å². The van der Waals surface area contributed by atoms with Crippen molar-refractivity contribution >= 4 is 5.97 Å². The van der Waals surface area contributed by atoms with E-state index in [1.165, 1.54) is 6.42 Å². The summed E-state index contributed by atoms with van der Waals surface area (Å²) >= 11 is 0. The molecule has 3 heteroatoms. The van der Waals surface area contributed by atoms with Crippen LogP contribution in [0.25, 0.3) is 0 Å². The lowest BCUT2D eigenvalue weighted by molar-refractivity contribution is -0.141. The van der Waals surface area contributed by atoms with Crippen molar-refractivity contribution in [2.24, 2.45) is 11.7 Å². The fraction of sp³-hybridized carbons (Fsp3) is 0.333. The molecule has 1 atom stereocenters. The van der Waals surface area contributed by atoms with Gasteiger partial charge in [0, 0.05) is 0 Å². The average molecular weight is 206 g/mol. The number of hydrogen-bond acceptors (Lipinski definition) is 3. The van der Waals surface area contributed by atoms with Crippen molar-refractivity contribution in [3.05, 3.63) is 42.3 Å². The summed E-state index contributed by atoms with van der Waals surface area (Å²) < 4.78 is 5.05. The second kappa shape index (κ2) is 6.19. The molecule has 1 aromatic rings. The van der Waals surface area contributed by atoms with Gasteiger partial charge in [-0.3, -0.25) is 4.79 Å². The smallest absolute Gasteiger partial charge is 0.310 e. The SMILES string of the molecule is CC([CH]C(=O)OCc1ccccc1)CN. The van der Waals surface area contributed by atoms with E-state index < -0.39 is 0 Å². The molecule has 1 rings (SSSR count). The third-order valence-corrected chi connectivity index (χ3v) is 2.02. The van der Waals surface area contributed by atoms with Gasteiger partial charge in [-0.15, -0.1) is 0 Å². The van der Waals surface area contributed by atoms with Gasteiger partial charge >= 0.3 is 5.97 Å². The van der Waals surface area contributed by atoms with Crippen LogP contribution in [-0.2, 0) is 16.1 Å². The van der Waals surface area contributed by atoms with Crippen molar-refractivity contribution in [2.45, 2.75) is 13.5 Å². The monoisotopic (exact) mass is 206 g/mol. The fourth-order valence-corrected chi connectivity index (χ4v) is 1.08. The van der Waals surface area contributed by atoms with E-state index in [0.717, 1.165) is 5.56 Å². The van der Waals surface area contributed by atoms with Crippen molar-refractivity contribution < 1.29 is 9.53 Å². The molecule has 0 heterocycles. The van der Waals surface area contributed by atoms with E-state index in [9.17, 15) is 4.79 Å². The quantitative estimate of drug-likeness (QED) is 0.743. The Morgan fingerprint density at radius 1 is 1.47 bits per heavy atom. The van der Waals surface area contributed by atoms with E-state index in [-0.39, 0.29) is 11.9 Å². The Balaban J connectivity index is 2.29. The molecule has 1 unspecified atom stereocenters. The molecule has 3 nitrogen and oxygen atoms in total. The molecule has 0 aliphatic rings. The summed E-state index contributed by atoms with van der Waals surface area (Å²) in [6, 6.07) is 9.58. The van der Waals surface area contributed by atoms with Gasteiger partial charge in [-0.1, -0.05) is 37.3 Å². The van der Waals surface area contributed by atoms with Crippen LogP contribution in [0.1, 0.15) is 12.5 Å². The van der Waals surface area contributed by atoms with Gasteiger partial charge in [0.15, 0.2) is 0 Å². The maximum absolute atomic E-state index is 11.3. The number of benzene rings is 1. The molecule has 0 aliphatic heterocycles. The highest BCUT2D eigenvalue weighted by Gasteiger charge is 2.09. The van der Waals surface area contributed by atoms with E-state index in [2.05, 4.69) is 0 Å². The molecule has 1 aromatic carbocycles. The lowest BCUT2D eigenvalue weighted by Gasteiger charge is -2.07. The summed E-state index contributed by atoms with van der Waals surface area (Å²) in [4.78, 5) is 11.3. The average Bonchev–Trinajstić information content (AvgIpc) is 2.27. The van der Waals surface area contributed by atoms with Gasteiger partial charge in [0.1, 0.15) is 6.61 Å². The fourth-order valence-electron chi connectivity index (χ4n) is 1.08. The van der Waals surface area contributed by atoms with Crippen molar-refractivity contribution in [1.82, 2.24) is 0 Å². The molecule has 0 saturated heterocycles. The number of ether oxygens (including phenoxy) is 1. The van der Waals surface area contributed by atoms with Crippen molar-refractivity contribution in [1.29, 1.82) is 0 Å². The standard InChI is InChI=1S/C12H16NO2/c1-10(8-13)7-12(14)15-9-11-5-3-2-4-6-11/h2-7,10H,8-9,13H2,1H3. The minimum absolute atomic E-state index is 0.0632. The van der Waals surface area contributed by atoms with E-state index in [1.807, 2.05) is 37.3 Å². The number of nitrogens with two attached hydrogens (primary N) is 1. The molecular weight excluding hydrogens is 190 g/mol. The van der Waals surface area contributed by atoms with Crippen LogP contribution in [0.4, 0.5) is 0 Å². The molecule has 0 saturated carbocycles. The predicted molar refractivity (Wildman–Crippen MR) is 58.8 cm³/mol. The Hall–Kier alpha value is -1.35. The zero-order chi connectivity index (χ0) is 11.1. The van der Waals surface area contributed by atoms with Crippen LogP contribution >= 0.6 is 0 Å². The van der Waals surface area contributed by atoms with Gasteiger partial charge in [0.05, 0.1) is 6.42 Å². The zero-order valence-electron chi connectivity index (χ0n) is 8.85. The first-order chi connectivity index (χ1) is 7.22. The Morgan fingerprint density at radius 2 is 2.13 bits per heavy atom. The Labute approximate surface area is 90.2 Å². The Bertz CT molecular complexity index is 298. The zero-order valence-corrected chi connectivity index (χ0v) is 8.85. The summed E-state index contributed by atoms with van der Waals surface area (Å²) in [6.45, 7) is 2.65. The first-order valence-corrected chi connectivity index (χ1v) is 4.98. The molecule has 1 radical (unpaired) electrons. The topological polar surface area (TPSA) is 52.3 Å². The second-order valence-corrected chi connectivity index (χ2v) is 3.47. The summed E-state index contributed by atoms with van der Waals surface area (Å²) in [6.07, 6.45) is 1.50. The summed E-state index contributed by atoms with van der Waals surface area (Å²) in [7, 11) is 0. The molecule has 0 fully saturated rings. The van der Waals surface area contributed by atoms with Crippen LogP contribution in [0, 0.1) is 12.3 Å². The van der Waals surface area contributed by atoms with Crippen LogP contribution in [0.3, 0.4) is 0 Å². The van der Waals surface area contributed by atoms with Gasteiger partial charge < -0.3 is 10.5 Å². The van der Waals surface area contributed by atoms with Gasteiger partial charge in [0.25, 0.3) is 0 Å². The molecule has 0 aromatic heterocycles. The maximum atomic E-state index is 11.3. The van der Waals surface area contributed by atoms with Crippen LogP contribution in [-0.4, -0.2) is 12.5 Å². The van der Waals surface area contributed by atoms with E-state index in [4.69, 9.17) is 10.5 Å². The molecule has 0 aliphatic carbocycles. The molecule has 81 valence electrons. The molecule has 2 N–H and O–H groups in total. The third kappa shape index (κ3) is 4.61. The molecule has 0 spiro atoms. The van der Waals surface area contributed by atoms with E-state index in [1.54, 1.807) is 0 Å². The highest BCUT2D eigenvalue weighted by molar-refractivity contribution is 5.79. The molecule has 0 bridgehead atoms. The second-order valence-electron chi connectivity index (χ2n) is 3.47. The Kier molecular flexibility index (Phi) is 4.84.